The van der Waals surface area contributed by atoms with E-state index in [1.165, 1.54) is 24.1 Å². The zero-order valence-corrected chi connectivity index (χ0v) is 7.39. The standard InChI is InChI=1S/C9H14N2/c1-9(2)5-4-7-6-10-11(3)8(7)9/h6H,4-5H2,1-3H3. The average Bonchev–Trinajstić information content (AvgIpc) is 2.38. The summed E-state index contributed by atoms with van der Waals surface area (Å²) < 4.78 is 2.02. The lowest BCUT2D eigenvalue weighted by Gasteiger charge is -2.18. The van der Waals surface area contributed by atoms with Crippen LogP contribution in [-0.4, -0.2) is 9.78 Å². The van der Waals surface area contributed by atoms with Gasteiger partial charge >= 0.3 is 0 Å². The van der Waals surface area contributed by atoms with Crippen molar-refractivity contribution >= 4 is 0 Å². The minimum Gasteiger partial charge on any atom is -0.272 e. The molecule has 0 atom stereocenters. The van der Waals surface area contributed by atoms with E-state index in [0.29, 0.717) is 5.41 Å². The molecule has 0 amide bonds. The second kappa shape index (κ2) is 1.87. The zero-order chi connectivity index (χ0) is 8.06. The van der Waals surface area contributed by atoms with E-state index in [1.54, 1.807) is 0 Å². The van der Waals surface area contributed by atoms with Crippen molar-refractivity contribution in [2.45, 2.75) is 32.1 Å². The summed E-state index contributed by atoms with van der Waals surface area (Å²) in [5.74, 6) is 0. The zero-order valence-electron chi connectivity index (χ0n) is 7.39. The van der Waals surface area contributed by atoms with E-state index in [1.807, 2.05) is 17.9 Å². The summed E-state index contributed by atoms with van der Waals surface area (Å²) in [6, 6.07) is 0. The molecule has 0 spiro atoms. The first-order chi connectivity index (χ1) is 5.11. The number of hydrogen-bond acceptors (Lipinski definition) is 1. The summed E-state index contributed by atoms with van der Waals surface area (Å²) >= 11 is 0. The van der Waals surface area contributed by atoms with Gasteiger partial charge in [0, 0.05) is 18.2 Å². The van der Waals surface area contributed by atoms with Crippen LogP contribution in [0, 0.1) is 0 Å². The minimum atomic E-state index is 0.348. The Morgan fingerprint density at radius 3 is 2.91 bits per heavy atom. The lowest BCUT2D eigenvalue weighted by atomic mass is 9.91. The average molecular weight is 150 g/mol. The van der Waals surface area contributed by atoms with E-state index in [-0.39, 0.29) is 0 Å². The van der Waals surface area contributed by atoms with E-state index in [4.69, 9.17) is 0 Å². The van der Waals surface area contributed by atoms with Gasteiger partial charge in [-0.25, -0.2) is 0 Å². The van der Waals surface area contributed by atoms with E-state index >= 15 is 0 Å². The maximum Gasteiger partial charge on any atom is 0.0524 e. The summed E-state index contributed by atoms with van der Waals surface area (Å²) in [6.07, 6.45) is 4.48. The first-order valence-corrected chi connectivity index (χ1v) is 4.12. The van der Waals surface area contributed by atoms with E-state index in [9.17, 15) is 0 Å². The molecule has 0 bridgehead atoms. The molecule has 2 heteroatoms. The molecule has 0 saturated carbocycles. The quantitative estimate of drug-likeness (QED) is 0.549. The molecule has 1 aliphatic rings. The highest BCUT2D eigenvalue weighted by atomic mass is 15.3. The monoisotopic (exact) mass is 150 g/mol. The van der Waals surface area contributed by atoms with Crippen LogP contribution < -0.4 is 0 Å². The predicted octanol–water partition coefficient (Wildman–Crippen LogP) is 1.64. The van der Waals surface area contributed by atoms with Gasteiger partial charge in [-0.3, -0.25) is 4.68 Å². The van der Waals surface area contributed by atoms with Crippen LogP contribution in [0.2, 0.25) is 0 Å². The SMILES string of the molecule is Cn1ncc2c1C(C)(C)CC2. The second-order valence-corrected chi connectivity index (χ2v) is 4.03. The molecule has 11 heavy (non-hydrogen) atoms. The molecule has 1 aromatic rings. The molecule has 0 N–H and O–H groups in total. The molecule has 0 aliphatic heterocycles. The highest BCUT2D eigenvalue weighted by molar-refractivity contribution is 5.31. The highest BCUT2D eigenvalue weighted by Gasteiger charge is 2.32. The molecular formula is C9H14N2. The molecule has 0 unspecified atom stereocenters. The van der Waals surface area contributed by atoms with Crippen LogP contribution in [-0.2, 0) is 18.9 Å². The van der Waals surface area contributed by atoms with Crippen LogP contribution in [0.4, 0.5) is 0 Å². The van der Waals surface area contributed by atoms with Crippen LogP contribution in [0.15, 0.2) is 6.20 Å². The smallest absolute Gasteiger partial charge is 0.0524 e. The largest absolute Gasteiger partial charge is 0.272 e. The fourth-order valence-electron chi connectivity index (χ4n) is 2.10. The van der Waals surface area contributed by atoms with Gasteiger partial charge in [0.05, 0.1) is 6.20 Å². The van der Waals surface area contributed by atoms with Crippen molar-refractivity contribution < 1.29 is 0 Å². The molecule has 0 fully saturated rings. The lowest BCUT2D eigenvalue weighted by molar-refractivity contribution is 0.476. The van der Waals surface area contributed by atoms with Gasteiger partial charge in [0.1, 0.15) is 0 Å². The van der Waals surface area contributed by atoms with Crippen LogP contribution in [0.3, 0.4) is 0 Å². The molecule has 60 valence electrons. The molecule has 1 aromatic heterocycles. The molecular weight excluding hydrogens is 136 g/mol. The summed E-state index contributed by atoms with van der Waals surface area (Å²) in [6.45, 7) is 4.58. The molecule has 1 aliphatic carbocycles. The Morgan fingerprint density at radius 2 is 2.27 bits per heavy atom. The van der Waals surface area contributed by atoms with Crippen molar-refractivity contribution in [1.29, 1.82) is 0 Å². The Hall–Kier alpha value is -0.790. The van der Waals surface area contributed by atoms with Crippen LogP contribution in [0.25, 0.3) is 0 Å². The number of fused-ring (bicyclic) bond motifs is 1. The third kappa shape index (κ3) is 0.817. The Kier molecular flexibility index (Phi) is 1.17. The Morgan fingerprint density at radius 1 is 1.55 bits per heavy atom. The Bertz CT molecular complexity index is 284. The number of aromatic nitrogens is 2. The van der Waals surface area contributed by atoms with Gasteiger partial charge in [-0.1, -0.05) is 13.8 Å². The normalized spacial score (nSPS) is 20.3. The van der Waals surface area contributed by atoms with Crippen molar-refractivity contribution in [1.82, 2.24) is 9.78 Å². The first kappa shape index (κ1) is 6.89. The topological polar surface area (TPSA) is 17.8 Å². The molecule has 0 saturated heterocycles. The van der Waals surface area contributed by atoms with Crippen molar-refractivity contribution in [3.63, 3.8) is 0 Å². The predicted molar refractivity (Wildman–Crippen MR) is 44.6 cm³/mol. The summed E-state index contributed by atoms with van der Waals surface area (Å²) in [4.78, 5) is 0. The second-order valence-electron chi connectivity index (χ2n) is 4.03. The van der Waals surface area contributed by atoms with Crippen LogP contribution in [0.1, 0.15) is 31.5 Å². The van der Waals surface area contributed by atoms with E-state index in [0.717, 1.165) is 0 Å². The van der Waals surface area contributed by atoms with Gasteiger partial charge in [-0.05, 0) is 18.4 Å². The van der Waals surface area contributed by atoms with Gasteiger partial charge in [-0.15, -0.1) is 0 Å². The molecule has 1 heterocycles. The van der Waals surface area contributed by atoms with Crippen molar-refractivity contribution in [2.75, 3.05) is 0 Å². The van der Waals surface area contributed by atoms with Crippen molar-refractivity contribution in [3.8, 4) is 0 Å². The summed E-state index contributed by atoms with van der Waals surface area (Å²) in [5, 5.41) is 4.25. The highest BCUT2D eigenvalue weighted by Crippen LogP contribution is 2.37. The van der Waals surface area contributed by atoms with Crippen molar-refractivity contribution in [3.05, 3.63) is 17.5 Å². The molecule has 0 radical (unpaired) electrons. The van der Waals surface area contributed by atoms with E-state index < -0.39 is 0 Å². The number of aryl methyl sites for hydroxylation is 2. The Balaban J connectivity index is 2.60. The third-order valence-electron chi connectivity index (χ3n) is 2.67. The molecule has 2 rings (SSSR count). The summed E-state index contributed by atoms with van der Waals surface area (Å²) in [5.41, 5.74) is 3.22. The van der Waals surface area contributed by atoms with E-state index in [2.05, 4.69) is 18.9 Å². The fraction of sp³-hybridized carbons (Fsp3) is 0.667. The Labute approximate surface area is 67.2 Å². The van der Waals surface area contributed by atoms with Gasteiger partial charge in [0.25, 0.3) is 0 Å². The number of nitrogens with zero attached hydrogens (tertiary/aromatic N) is 2. The van der Waals surface area contributed by atoms with Gasteiger partial charge in [0.15, 0.2) is 0 Å². The summed E-state index contributed by atoms with van der Waals surface area (Å²) in [7, 11) is 2.03. The van der Waals surface area contributed by atoms with Crippen LogP contribution in [0.5, 0.6) is 0 Å². The van der Waals surface area contributed by atoms with Crippen molar-refractivity contribution in [2.24, 2.45) is 7.05 Å². The van der Waals surface area contributed by atoms with Gasteiger partial charge in [-0.2, -0.15) is 5.10 Å². The third-order valence-corrected chi connectivity index (χ3v) is 2.67. The molecule has 0 aromatic carbocycles. The van der Waals surface area contributed by atoms with Crippen LogP contribution >= 0.6 is 0 Å². The van der Waals surface area contributed by atoms with Gasteiger partial charge in [0.2, 0.25) is 0 Å². The molecule has 2 nitrogen and oxygen atoms in total. The van der Waals surface area contributed by atoms with Gasteiger partial charge < -0.3 is 0 Å². The lowest BCUT2D eigenvalue weighted by Crippen LogP contribution is -2.17. The number of hydrogen-bond donors (Lipinski definition) is 0. The maximum atomic E-state index is 4.25. The number of rotatable bonds is 0. The fourth-order valence-corrected chi connectivity index (χ4v) is 2.10. The maximum absolute atomic E-state index is 4.25. The minimum absolute atomic E-state index is 0.348. The first-order valence-electron chi connectivity index (χ1n) is 4.12.